The maximum absolute atomic E-state index is 6.70. The van der Waals surface area contributed by atoms with Crippen molar-refractivity contribution in [3.8, 4) is 0 Å². The van der Waals surface area contributed by atoms with Crippen LogP contribution in [0, 0.1) is 11.8 Å². The lowest BCUT2D eigenvalue weighted by Gasteiger charge is -2.39. The van der Waals surface area contributed by atoms with Gasteiger partial charge < -0.3 is 10.6 Å². The Balaban J connectivity index is 1.66. The van der Waals surface area contributed by atoms with Gasteiger partial charge in [0, 0.05) is 12.6 Å². The number of hydrogen-bond acceptors (Lipinski definition) is 3. The van der Waals surface area contributed by atoms with E-state index in [0.29, 0.717) is 12.0 Å². The highest BCUT2D eigenvalue weighted by Crippen LogP contribution is 2.38. The van der Waals surface area contributed by atoms with E-state index in [-0.39, 0.29) is 10.8 Å². The molecule has 0 radical (unpaired) electrons. The van der Waals surface area contributed by atoms with Crippen LogP contribution >= 0.6 is 23.2 Å². The molecule has 4 unspecified atom stereocenters. The Bertz CT molecular complexity index is 382. The van der Waals surface area contributed by atoms with Gasteiger partial charge in [0.15, 0.2) is 5.96 Å². The lowest BCUT2D eigenvalue weighted by Crippen LogP contribution is -2.50. The van der Waals surface area contributed by atoms with Crippen molar-refractivity contribution in [3.05, 3.63) is 0 Å². The smallest absolute Gasteiger partial charge is 0.191 e. The van der Waals surface area contributed by atoms with Crippen LogP contribution in [-0.4, -0.2) is 35.8 Å². The molecule has 4 atom stereocenters. The predicted octanol–water partition coefficient (Wildman–Crippen LogP) is 3.89. The van der Waals surface area contributed by atoms with E-state index in [4.69, 9.17) is 23.2 Å². The number of rotatable bonds is 4. The lowest BCUT2D eigenvalue weighted by atomic mass is 9.77. The number of hydrogen-bond donors (Lipinski definition) is 2. The van der Waals surface area contributed by atoms with Crippen molar-refractivity contribution in [2.24, 2.45) is 16.8 Å². The second-order valence-corrected chi connectivity index (χ2v) is 8.27. The van der Waals surface area contributed by atoms with Crippen LogP contribution in [0.2, 0.25) is 0 Å². The zero-order chi connectivity index (χ0) is 15.4. The summed E-state index contributed by atoms with van der Waals surface area (Å²) < 4.78 is 0. The average Bonchev–Trinajstić information content (AvgIpc) is 3.03. The van der Waals surface area contributed by atoms with E-state index in [1.165, 1.54) is 51.4 Å². The van der Waals surface area contributed by atoms with Crippen molar-refractivity contribution >= 4 is 29.2 Å². The molecule has 3 aliphatic rings. The molecule has 0 amide bonds. The van der Waals surface area contributed by atoms with E-state index in [9.17, 15) is 0 Å². The topological polar surface area (TPSA) is 36.4 Å². The van der Waals surface area contributed by atoms with Gasteiger partial charge >= 0.3 is 0 Å². The molecule has 1 heterocycles. The molecule has 5 heteroatoms. The van der Waals surface area contributed by atoms with E-state index in [1.54, 1.807) is 0 Å². The summed E-state index contributed by atoms with van der Waals surface area (Å²) in [5.74, 6) is 2.28. The van der Waals surface area contributed by atoms with E-state index in [2.05, 4.69) is 15.6 Å². The maximum atomic E-state index is 6.70. The van der Waals surface area contributed by atoms with Gasteiger partial charge in [0.05, 0.1) is 17.3 Å². The first-order valence-corrected chi connectivity index (χ1v) is 9.94. The van der Waals surface area contributed by atoms with Crippen molar-refractivity contribution in [1.29, 1.82) is 0 Å². The third-order valence-corrected chi connectivity index (χ3v) is 6.84. The Kier molecular flexibility index (Phi) is 6.15. The molecule has 3 nitrogen and oxygen atoms in total. The zero-order valence-electron chi connectivity index (χ0n) is 13.4. The van der Waals surface area contributed by atoms with Crippen LogP contribution in [0.25, 0.3) is 0 Å². The fourth-order valence-corrected chi connectivity index (χ4v) is 5.12. The molecule has 3 rings (SSSR count). The van der Waals surface area contributed by atoms with Gasteiger partial charge in [-0.25, -0.2) is 0 Å². The number of nitrogens with zero attached hydrogens (tertiary/aromatic N) is 1. The Morgan fingerprint density at radius 1 is 1.09 bits per heavy atom. The first-order chi connectivity index (χ1) is 10.7. The van der Waals surface area contributed by atoms with Gasteiger partial charge in [-0.15, -0.1) is 23.2 Å². The summed E-state index contributed by atoms with van der Waals surface area (Å²) in [5.41, 5.74) is 0. The summed E-state index contributed by atoms with van der Waals surface area (Å²) in [6, 6.07) is 0.413. The molecule has 2 fully saturated rings. The minimum Gasteiger partial charge on any atom is -0.355 e. The minimum atomic E-state index is 0.0820. The van der Waals surface area contributed by atoms with Crippen LogP contribution in [0.5, 0.6) is 0 Å². The van der Waals surface area contributed by atoms with Gasteiger partial charge in [-0.2, -0.15) is 0 Å². The molecule has 0 aromatic rings. The average molecular weight is 346 g/mol. The molecule has 0 aromatic heterocycles. The Morgan fingerprint density at radius 2 is 1.91 bits per heavy atom. The zero-order valence-corrected chi connectivity index (χ0v) is 14.9. The second-order valence-electron chi connectivity index (χ2n) is 7.20. The van der Waals surface area contributed by atoms with Crippen LogP contribution in [0.1, 0.15) is 57.8 Å². The van der Waals surface area contributed by atoms with Crippen LogP contribution in [0.3, 0.4) is 0 Å². The molecule has 0 bridgehead atoms. The third kappa shape index (κ3) is 4.23. The number of guanidine groups is 1. The largest absolute Gasteiger partial charge is 0.355 e. The highest BCUT2D eigenvalue weighted by atomic mass is 35.5. The van der Waals surface area contributed by atoms with E-state index in [1.807, 2.05) is 0 Å². The number of aliphatic imine (C=N–C) groups is 1. The van der Waals surface area contributed by atoms with Gasteiger partial charge in [-0.3, -0.25) is 4.99 Å². The molecule has 1 aliphatic heterocycles. The molecule has 0 spiro atoms. The Morgan fingerprint density at radius 3 is 2.64 bits per heavy atom. The monoisotopic (exact) mass is 345 g/mol. The third-order valence-electron chi connectivity index (χ3n) is 5.60. The highest BCUT2D eigenvalue weighted by molar-refractivity contribution is 6.30. The summed E-state index contributed by atoms with van der Waals surface area (Å²) in [7, 11) is 0. The summed E-state index contributed by atoms with van der Waals surface area (Å²) in [6.07, 6.45) is 11.6. The lowest BCUT2D eigenvalue weighted by molar-refractivity contribution is 0.232. The van der Waals surface area contributed by atoms with Crippen LogP contribution in [0.15, 0.2) is 4.99 Å². The van der Waals surface area contributed by atoms with Crippen LogP contribution in [-0.2, 0) is 0 Å². The standard InChI is InChI=1S/C17H29Cl2N3/c18-14-8-4-7-13(16(14)19)15(22-17-20-9-10-21-17)11-12-5-2-1-3-6-12/h12-16H,1-11H2,(H2,20,21,22). The predicted molar refractivity (Wildman–Crippen MR) is 95.0 cm³/mol. The molecular formula is C17H29Cl2N3. The maximum Gasteiger partial charge on any atom is 0.191 e. The molecular weight excluding hydrogens is 317 g/mol. The van der Waals surface area contributed by atoms with Gasteiger partial charge in [0.1, 0.15) is 0 Å². The molecule has 22 heavy (non-hydrogen) atoms. The van der Waals surface area contributed by atoms with Crippen molar-refractivity contribution < 1.29 is 0 Å². The van der Waals surface area contributed by atoms with Gasteiger partial charge in [0.2, 0.25) is 0 Å². The molecule has 126 valence electrons. The van der Waals surface area contributed by atoms with E-state index >= 15 is 0 Å². The van der Waals surface area contributed by atoms with Crippen molar-refractivity contribution in [3.63, 3.8) is 0 Å². The number of halogens is 2. The first-order valence-electron chi connectivity index (χ1n) is 9.07. The van der Waals surface area contributed by atoms with Gasteiger partial charge in [-0.05, 0) is 31.1 Å². The van der Waals surface area contributed by atoms with E-state index < -0.39 is 0 Å². The SMILES string of the molecule is ClC1CCCC(C(CC2CCCCC2)NC2=NCCN2)C1Cl. The van der Waals surface area contributed by atoms with Crippen molar-refractivity contribution in [1.82, 2.24) is 10.6 Å². The number of alkyl halides is 2. The number of nitrogens with one attached hydrogen (secondary N) is 2. The quantitative estimate of drug-likeness (QED) is 0.758. The van der Waals surface area contributed by atoms with Gasteiger partial charge in [0.25, 0.3) is 0 Å². The molecule has 2 saturated carbocycles. The molecule has 0 saturated heterocycles. The summed E-state index contributed by atoms with van der Waals surface area (Å²) in [4.78, 5) is 4.53. The normalized spacial score (nSPS) is 34.8. The fourth-order valence-electron chi connectivity index (χ4n) is 4.35. The van der Waals surface area contributed by atoms with Crippen LogP contribution in [0.4, 0.5) is 0 Å². The van der Waals surface area contributed by atoms with Gasteiger partial charge in [-0.1, -0.05) is 38.5 Å². The summed E-state index contributed by atoms with van der Waals surface area (Å²) in [5, 5.41) is 7.23. The van der Waals surface area contributed by atoms with Crippen LogP contribution < -0.4 is 10.6 Å². The summed E-state index contributed by atoms with van der Waals surface area (Å²) >= 11 is 13.2. The first kappa shape index (κ1) is 16.7. The second kappa shape index (κ2) is 8.10. The molecule has 2 N–H and O–H groups in total. The summed E-state index contributed by atoms with van der Waals surface area (Å²) in [6.45, 7) is 1.83. The molecule has 2 aliphatic carbocycles. The minimum absolute atomic E-state index is 0.0820. The fraction of sp³-hybridized carbons (Fsp3) is 0.941. The molecule has 0 aromatic carbocycles. The van der Waals surface area contributed by atoms with Crippen molar-refractivity contribution in [2.75, 3.05) is 13.1 Å². The Labute approximate surface area is 144 Å². The van der Waals surface area contributed by atoms with E-state index in [0.717, 1.165) is 31.4 Å². The highest BCUT2D eigenvalue weighted by Gasteiger charge is 2.37. The van der Waals surface area contributed by atoms with Crippen molar-refractivity contribution in [2.45, 2.75) is 74.6 Å². The Hall–Kier alpha value is -0.150.